The van der Waals surface area contributed by atoms with Crippen molar-refractivity contribution in [2.45, 2.75) is 65.3 Å². The molecule has 33 heavy (non-hydrogen) atoms. The number of hydrogen-bond acceptors (Lipinski definition) is 8. The summed E-state index contributed by atoms with van der Waals surface area (Å²) in [6.45, 7) is 6.31. The maximum absolute atomic E-state index is 12.5. The molecular weight excluding hydrogens is 449 g/mol. The first-order valence-electron chi connectivity index (χ1n) is 11.9. The van der Waals surface area contributed by atoms with Crippen LogP contribution in [0.3, 0.4) is 0 Å². The summed E-state index contributed by atoms with van der Waals surface area (Å²) in [5.41, 5.74) is 5.73. The van der Waals surface area contributed by atoms with Crippen molar-refractivity contribution in [2.75, 3.05) is 54.1 Å². The molecule has 0 heterocycles. The number of rotatable bonds is 19. The zero-order chi connectivity index (χ0) is 25.5. The molecule has 0 radical (unpaired) electrons. The number of nitrogens with zero attached hydrogens (tertiary/aromatic N) is 1. The molecule has 11 heteroatoms. The first-order valence-corrected chi connectivity index (χ1v) is 13.4. The average Bonchev–Trinajstić information content (AvgIpc) is 2.70. The van der Waals surface area contributed by atoms with Gasteiger partial charge in [0.25, 0.3) is 7.82 Å². The summed E-state index contributed by atoms with van der Waals surface area (Å²) in [5.74, 6) is -1.26. The summed E-state index contributed by atoms with van der Waals surface area (Å²) in [5, 5.41) is 2.94. The van der Waals surface area contributed by atoms with Crippen LogP contribution >= 0.6 is 7.82 Å². The van der Waals surface area contributed by atoms with Gasteiger partial charge in [-0.1, -0.05) is 20.3 Å². The fourth-order valence-electron chi connectivity index (χ4n) is 3.05. The summed E-state index contributed by atoms with van der Waals surface area (Å²) < 4.78 is 27.0. The number of phosphoric acid groups is 1. The van der Waals surface area contributed by atoms with Gasteiger partial charge in [0.1, 0.15) is 19.8 Å². The third-order valence-electron chi connectivity index (χ3n) is 5.23. The Labute approximate surface area is 199 Å². The SMILES string of the molecule is CCC(CC(CC)C(=O)OCCOP(=O)([O-])OCC[N+](C)(C)C)C(=O)NCCCCC(C)N. The fraction of sp³-hybridized carbons (Fsp3) is 0.909. The number of carbonyl (C=O) groups excluding carboxylic acids is 2. The van der Waals surface area contributed by atoms with Gasteiger partial charge < -0.3 is 34.2 Å². The summed E-state index contributed by atoms with van der Waals surface area (Å²) in [7, 11) is 1.31. The topological polar surface area (TPSA) is 140 Å². The molecule has 0 bridgehead atoms. The van der Waals surface area contributed by atoms with Crippen molar-refractivity contribution in [1.29, 1.82) is 0 Å². The molecule has 0 aromatic carbocycles. The van der Waals surface area contributed by atoms with Crippen LogP contribution in [0.25, 0.3) is 0 Å². The quantitative estimate of drug-likeness (QED) is 0.120. The van der Waals surface area contributed by atoms with Crippen LogP contribution in [0, 0.1) is 11.8 Å². The van der Waals surface area contributed by atoms with Crippen molar-refractivity contribution < 1.29 is 37.3 Å². The van der Waals surface area contributed by atoms with Crippen LogP contribution in [-0.2, 0) is 27.9 Å². The lowest BCUT2D eigenvalue weighted by molar-refractivity contribution is -0.870. The molecule has 0 aliphatic heterocycles. The molecule has 0 saturated carbocycles. The van der Waals surface area contributed by atoms with E-state index in [2.05, 4.69) is 5.32 Å². The maximum atomic E-state index is 12.5. The number of unbranched alkanes of at least 4 members (excludes halogenated alkanes) is 1. The van der Waals surface area contributed by atoms with Gasteiger partial charge in [-0.05, 0) is 39.0 Å². The van der Waals surface area contributed by atoms with E-state index in [0.29, 0.717) is 36.8 Å². The lowest BCUT2D eigenvalue weighted by atomic mass is 9.90. The normalized spacial score (nSPS) is 16.5. The van der Waals surface area contributed by atoms with Gasteiger partial charge in [-0.15, -0.1) is 0 Å². The number of quaternary nitrogens is 1. The molecule has 4 atom stereocenters. The summed E-state index contributed by atoms with van der Waals surface area (Å²) in [6, 6.07) is 0.159. The Hall–Kier alpha value is -1.03. The maximum Gasteiger partial charge on any atom is 0.309 e. The summed E-state index contributed by atoms with van der Waals surface area (Å²) >= 11 is 0. The molecule has 0 aromatic rings. The predicted octanol–water partition coefficient (Wildman–Crippen LogP) is 1.81. The van der Waals surface area contributed by atoms with Gasteiger partial charge in [-0.25, -0.2) is 0 Å². The molecule has 1 amide bonds. The summed E-state index contributed by atoms with van der Waals surface area (Å²) in [6.07, 6.45) is 4.26. The van der Waals surface area contributed by atoms with E-state index in [1.165, 1.54) is 0 Å². The highest BCUT2D eigenvalue weighted by atomic mass is 31.2. The van der Waals surface area contributed by atoms with Crippen LogP contribution in [0.5, 0.6) is 0 Å². The van der Waals surface area contributed by atoms with E-state index in [-0.39, 0.29) is 37.7 Å². The lowest BCUT2D eigenvalue weighted by Gasteiger charge is -2.27. The van der Waals surface area contributed by atoms with Crippen LogP contribution in [0.1, 0.15) is 59.3 Å². The van der Waals surface area contributed by atoms with E-state index >= 15 is 0 Å². The first-order chi connectivity index (χ1) is 15.3. The molecule has 0 rings (SSSR count). The lowest BCUT2D eigenvalue weighted by Crippen LogP contribution is -2.37. The van der Waals surface area contributed by atoms with Crippen molar-refractivity contribution in [2.24, 2.45) is 17.6 Å². The molecule has 0 saturated heterocycles. The van der Waals surface area contributed by atoms with Gasteiger partial charge >= 0.3 is 5.97 Å². The zero-order valence-electron chi connectivity index (χ0n) is 21.3. The van der Waals surface area contributed by atoms with E-state index < -0.39 is 19.7 Å². The Kier molecular flexibility index (Phi) is 16.1. The highest BCUT2D eigenvalue weighted by molar-refractivity contribution is 7.45. The predicted molar refractivity (Wildman–Crippen MR) is 126 cm³/mol. The number of nitrogens with one attached hydrogen (secondary N) is 1. The van der Waals surface area contributed by atoms with Crippen molar-refractivity contribution >= 4 is 19.7 Å². The van der Waals surface area contributed by atoms with E-state index in [4.69, 9.17) is 19.5 Å². The Morgan fingerprint density at radius 1 is 1.03 bits per heavy atom. The van der Waals surface area contributed by atoms with E-state index in [0.717, 1.165) is 19.3 Å². The number of carbonyl (C=O) groups is 2. The standard InChI is InChI=1S/C22H46N3O7P/c1-7-19(21(26)24-12-10-9-11-18(3)23)17-20(8-2)22(27)30-15-16-32-33(28,29)31-14-13-25(4,5)6/h18-20H,7-17,23H2,1-6H3,(H-,24,26,28,29). The van der Waals surface area contributed by atoms with Crippen LogP contribution in [-0.4, -0.2) is 76.5 Å². The number of amides is 1. The Balaban J connectivity index is 4.34. The number of phosphoric ester groups is 1. The minimum Gasteiger partial charge on any atom is -0.756 e. The van der Waals surface area contributed by atoms with Crippen LogP contribution < -0.4 is 15.9 Å². The smallest absolute Gasteiger partial charge is 0.309 e. The molecule has 0 fully saturated rings. The second-order valence-electron chi connectivity index (χ2n) is 9.51. The second kappa shape index (κ2) is 16.6. The molecule has 0 spiro atoms. The third-order valence-corrected chi connectivity index (χ3v) is 6.23. The molecule has 0 aliphatic carbocycles. The van der Waals surface area contributed by atoms with Gasteiger partial charge in [-0.3, -0.25) is 14.2 Å². The molecule has 10 nitrogen and oxygen atoms in total. The number of ether oxygens (including phenoxy) is 1. The number of likely N-dealkylation sites (N-methyl/N-ethyl adjacent to an activating group) is 1. The van der Waals surface area contributed by atoms with Crippen molar-refractivity contribution in [3.63, 3.8) is 0 Å². The molecule has 196 valence electrons. The van der Waals surface area contributed by atoms with Gasteiger partial charge in [-0.2, -0.15) is 0 Å². The summed E-state index contributed by atoms with van der Waals surface area (Å²) in [4.78, 5) is 36.6. The van der Waals surface area contributed by atoms with Gasteiger partial charge in [0.15, 0.2) is 0 Å². The molecule has 0 aliphatic rings. The second-order valence-corrected chi connectivity index (χ2v) is 10.9. The minimum absolute atomic E-state index is 0.00852. The highest BCUT2D eigenvalue weighted by Crippen LogP contribution is 2.37. The molecule has 0 aromatic heterocycles. The molecule has 3 N–H and O–H groups in total. The Morgan fingerprint density at radius 3 is 2.18 bits per heavy atom. The zero-order valence-corrected chi connectivity index (χ0v) is 22.2. The van der Waals surface area contributed by atoms with E-state index in [9.17, 15) is 19.0 Å². The highest BCUT2D eigenvalue weighted by Gasteiger charge is 2.26. The Bertz CT molecular complexity index is 611. The van der Waals surface area contributed by atoms with Crippen LogP contribution in [0.4, 0.5) is 0 Å². The van der Waals surface area contributed by atoms with E-state index in [1.54, 1.807) is 0 Å². The molecule has 4 unspecified atom stereocenters. The third kappa shape index (κ3) is 17.1. The number of nitrogens with two attached hydrogens (primary N) is 1. The van der Waals surface area contributed by atoms with Crippen molar-refractivity contribution in [3.8, 4) is 0 Å². The molecular formula is C22H46N3O7P. The Morgan fingerprint density at radius 2 is 1.64 bits per heavy atom. The van der Waals surface area contributed by atoms with Gasteiger partial charge in [0, 0.05) is 18.5 Å². The monoisotopic (exact) mass is 495 g/mol. The van der Waals surface area contributed by atoms with E-state index in [1.807, 2.05) is 41.9 Å². The van der Waals surface area contributed by atoms with Crippen molar-refractivity contribution in [1.82, 2.24) is 5.32 Å². The number of esters is 1. The fourth-order valence-corrected chi connectivity index (χ4v) is 3.73. The average molecular weight is 496 g/mol. The first kappa shape index (κ1) is 32.0. The minimum atomic E-state index is -4.44. The van der Waals surface area contributed by atoms with Gasteiger partial charge in [0.05, 0.1) is 33.7 Å². The van der Waals surface area contributed by atoms with Crippen LogP contribution in [0.2, 0.25) is 0 Å². The van der Waals surface area contributed by atoms with Crippen LogP contribution in [0.15, 0.2) is 0 Å². The number of hydrogen-bond donors (Lipinski definition) is 2. The van der Waals surface area contributed by atoms with Gasteiger partial charge in [0.2, 0.25) is 5.91 Å². The largest absolute Gasteiger partial charge is 0.756 e. The van der Waals surface area contributed by atoms with Crippen molar-refractivity contribution in [3.05, 3.63) is 0 Å².